The average molecular weight is 334 g/mol. The van der Waals surface area contributed by atoms with Gasteiger partial charge in [-0.3, -0.25) is 19.3 Å². The SMILES string of the molecule is CN(C)c1ccc2ccc3nc4ccc([N+](=O)[O-])cc4c(=O)n3c2c1. The van der Waals surface area contributed by atoms with E-state index < -0.39 is 4.92 Å². The number of nitro benzene ring substituents is 1. The number of nitro groups is 1. The highest BCUT2D eigenvalue weighted by molar-refractivity contribution is 5.88. The molecule has 0 fully saturated rings. The minimum Gasteiger partial charge on any atom is -0.378 e. The van der Waals surface area contributed by atoms with Gasteiger partial charge in [-0.2, -0.15) is 0 Å². The van der Waals surface area contributed by atoms with Crippen LogP contribution < -0.4 is 10.5 Å². The van der Waals surface area contributed by atoms with Crippen LogP contribution in [0.3, 0.4) is 0 Å². The van der Waals surface area contributed by atoms with Gasteiger partial charge in [-0.1, -0.05) is 6.07 Å². The van der Waals surface area contributed by atoms with Gasteiger partial charge >= 0.3 is 0 Å². The van der Waals surface area contributed by atoms with E-state index >= 15 is 0 Å². The molecular weight excluding hydrogens is 320 g/mol. The predicted octanol–water partition coefficient (Wildman–Crippen LogP) is 2.98. The van der Waals surface area contributed by atoms with Gasteiger partial charge in [0.15, 0.2) is 0 Å². The summed E-state index contributed by atoms with van der Waals surface area (Å²) in [7, 11) is 3.85. The van der Waals surface area contributed by atoms with Crippen molar-refractivity contribution in [3.63, 3.8) is 0 Å². The molecule has 4 rings (SSSR count). The zero-order valence-corrected chi connectivity index (χ0v) is 13.6. The maximum absolute atomic E-state index is 13.0. The van der Waals surface area contributed by atoms with Crippen molar-refractivity contribution in [2.45, 2.75) is 0 Å². The second-order valence-electron chi connectivity index (χ2n) is 6.04. The Morgan fingerprint density at radius 3 is 2.56 bits per heavy atom. The van der Waals surface area contributed by atoms with E-state index in [-0.39, 0.29) is 16.6 Å². The smallest absolute Gasteiger partial charge is 0.270 e. The molecule has 0 aliphatic carbocycles. The number of hydrogen-bond donors (Lipinski definition) is 0. The molecule has 0 saturated heterocycles. The second-order valence-corrected chi connectivity index (χ2v) is 6.04. The number of benzene rings is 2. The Labute approximate surface area is 141 Å². The average Bonchev–Trinajstić information content (AvgIpc) is 2.60. The lowest BCUT2D eigenvalue weighted by Gasteiger charge is -2.14. The molecular formula is C18H14N4O3. The highest BCUT2D eigenvalue weighted by Crippen LogP contribution is 2.23. The number of anilines is 1. The number of hydrogen-bond acceptors (Lipinski definition) is 5. The first-order valence-corrected chi connectivity index (χ1v) is 7.67. The predicted molar refractivity (Wildman–Crippen MR) is 97.5 cm³/mol. The summed E-state index contributed by atoms with van der Waals surface area (Å²) in [5.41, 5.74) is 2.18. The molecule has 124 valence electrons. The third kappa shape index (κ3) is 2.28. The van der Waals surface area contributed by atoms with E-state index in [2.05, 4.69) is 4.98 Å². The molecule has 0 radical (unpaired) electrons. The molecule has 0 unspecified atom stereocenters. The first kappa shape index (κ1) is 15.1. The second kappa shape index (κ2) is 5.27. The molecule has 25 heavy (non-hydrogen) atoms. The molecule has 0 aliphatic heterocycles. The van der Waals surface area contributed by atoms with Crippen molar-refractivity contribution in [1.29, 1.82) is 0 Å². The summed E-state index contributed by atoms with van der Waals surface area (Å²) < 4.78 is 1.51. The minimum absolute atomic E-state index is 0.124. The van der Waals surface area contributed by atoms with Crippen LogP contribution in [0.4, 0.5) is 11.4 Å². The summed E-state index contributed by atoms with van der Waals surface area (Å²) >= 11 is 0. The monoisotopic (exact) mass is 334 g/mol. The minimum atomic E-state index is -0.513. The van der Waals surface area contributed by atoms with Crippen molar-refractivity contribution in [1.82, 2.24) is 9.38 Å². The Kier molecular flexibility index (Phi) is 3.18. The van der Waals surface area contributed by atoms with E-state index in [1.165, 1.54) is 22.6 Å². The largest absolute Gasteiger partial charge is 0.378 e. The van der Waals surface area contributed by atoms with E-state index in [4.69, 9.17) is 0 Å². The van der Waals surface area contributed by atoms with Gasteiger partial charge in [0.05, 0.1) is 21.3 Å². The fourth-order valence-corrected chi connectivity index (χ4v) is 2.96. The third-order valence-electron chi connectivity index (χ3n) is 4.27. The molecule has 0 aliphatic rings. The third-order valence-corrected chi connectivity index (χ3v) is 4.27. The van der Waals surface area contributed by atoms with Crippen molar-refractivity contribution < 1.29 is 4.92 Å². The van der Waals surface area contributed by atoms with Crippen LogP contribution in [0.5, 0.6) is 0 Å². The van der Waals surface area contributed by atoms with Gasteiger partial charge in [-0.05, 0) is 35.7 Å². The van der Waals surface area contributed by atoms with E-state index in [0.29, 0.717) is 11.2 Å². The van der Waals surface area contributed by atoms with E-state index in [1.807, 2.05) is 43.3 Å². The fraction of sp³-hybridized carbons (Fsp3) is 0.111. The summed E-state index contributed by atoms with van der Waals surface area (Å²) in [6, 6.07) is 13.7. The van der Waals surface area contributed by atoms with Gasteiger partial charge in [0, 0.05) is 31.9 Å². The summed E-state index contributed by atoms with van der Waals surface area (Å²) in [6.45, 7) is 0. The molecule has 2 aromatic heterocycles. The van der Waals surface area contributed by atoms with Crippen LogP contribution in [0, 0.1) is 10.1 Å². The van der Waals surface area contributed by atoms with Crippen molar-refractivity contribution >= 4 is 38.8 Å². The molecule has 0 spiro atoms. The number of pyridine rings is 1. The van der Waals surface area contributed by atoms with Crippen LogP contribution in [0.25, 0.3) is 27.5 Å². The topological polar surface area (TPSA) is 80.8 Å². The van der Waals surface area contributed by atoms with E-state index in [0.717, 1.165) is 16.6 Å². The standard InChI is InChI=1S/C18H14N4O3/c1-20(2)12-5-3-11-4-8-17-19-15-7-6-13(22(24)25)9-14(15)18(23)21(17)16(11)10-12/h3-10H,1-2H3. The summed E-state index contributed by atoms with van der Waals surface area (Å²) in [6.07, 6.45) is 0. The fourth-order valence-electron chi connectivity index (χ4n) is 2.96. The van der Waals surface area contributed by atoms with Crippen LogP contribution in [0.1, 0.15) is 0 Å². The quantitative estimate of drug-likeness (QED) is 0.244. The van der Waals surface area contributed by atoms with Crippen molar-refractivity contribution in [3.8, 4) is 0 Å². The Morgan fingerprint density at radius 2 is 1.84 bits per heavy atom. The Bertz CT molecular complexity index is 1230. The van der Waals surface area contributed by atoms with Crippen molar-refractivity contribution in [3.05, 3.63) is 69.0 Å². The summed E-state index contributed by atoms with van der Waals surface area (Å²) in [5, 5.41) is 12.1. The molecule has 7 nitrogen and oxygen atoms in total. The van der Waals surface area contributed by atoms with Gasteiger partial charge < -0.3 is 4.90 Å². The van der Waals surface area contributed by atoms with Crippen LogP contribution in [-0.4, -0.2) is 28.4 Å². The lowest BCUT2D eigenvalue weighted by atomic mass is 10.1. The zero-order valence-electron chi connectivity index (χ0n) is 13.6. The van der Waals surface area contributed by atoms with Crippen molar-refractivity contribution in [2.75, 3.05) is 19.0 Å². The summed E-state index contributed by atoms with van der Waals surface area (Å²) in [4.78, 5) is 30.0. The normalized spacial score (nSPS) is 11.3. The number of non-ortho nitro benzene ring substituents is 1. The summed E-state index contributed by atoms with van der Waals surface area (Å²) in [5.74, 6) is 0. The van der Waals surface area contributed by atoms with Crippen LogP contribution in [0.2, 0.25) is 0 Å². The first-order chi connectivity index (χ1) is 12.0. The molecule has 0 saturated carbocycles. The van der Waals surface area contributed by atoms with Crippen LogP contribution in [-0.2, 0) is 0 Å². The van der Waals surface area contributed by atoms with E-state index in [1.54, 1.807) is 6.07 Å². The number of nitrogens with zero attached hydrogens (tertiary/aromatic N) is 4. The Morgan fingerprint density at radius 1 is 1.08 bits per heavy atom. The number of rotatable bonds is 2. The van der Waals surface area contributed by atoms with Gasteiger partial charge in [0.1, 0.15) is 5.65 Å². The van der Waals surface area contributed by atoms with Crippen LogP contribution in [0.15, 0.2) is 53.3 Å². The lowest BCUT2D eigenvalue weighted by molar-refractivity contribution is -0.384. The number of fused-ring (bicyclic) bond motifs is 4. The molecule has 2 aromatic carbocycles. The number of aromatic nitrogens is 2. The molecule has 2 heterocycles. The zero-order chi connectivity index (χ0) is 17.7. The first-order valence-electron chi connectivity index (χ1n) is 7.67. The van der Waals surface area contributed by atoms with Gasteiger partial charge in [-0.25, -0.2) is 4.98 Å². The maximum Gasteiger partial charge on any atom is 0.270 e. The molecule has 0 atom stereocenters. The van der Waals surface area contributed by atoms with Gasteiger partial charge in [0.25, 0.3) is 11.2 Å². The lowest BCUT2D eigenvalue weighted by Crippen LogP contribution is -2.16. The van der Waals surface area contributed by atoms with Crippen LogP contribution >= 0.6 is 0 Å². The van der Waals surface area contributed by atoms with Gasteiger partial charge in [-0.15, -0.1) is 0 Å². The molecule has 7 heteroatoms. The molecule has 0 amide bonds. The maximum atomic E-state index is 13.0. The van der Waals surface area contributed by atoms with Crippen molar-refractivity contribution in [2.24, 2.45) is 0 Å². The molecule has 0 N–H and O–H groups in total. The highest BCUT2D eigenvalue weighted by atomic mass is 16.6. The Hall–Kier alpha value is -3.48. The van der Waals surface area contributed by atoms with E-state index in [9.17, 15) is 14.9 Å². The Balaban J connectivity index is 2.18. The van der Waals surface area contributed by atoms with Gasteiger partial charge in [0.2, 0.25) is 0 Å². The highest BCUT2D eigenvalue weighted by Gasteiger charge is 2.13. The molecule has 4 aromatic rings. The molecule has 0 bridgehead atoms.